The molecule has 0 saturated carbocycles. The fourth-order valence-electron chi connectivity index (χ4n) is 0.897. The van der Waals surface area contributed by atoms with Gasteiger partial charge >= 0.3 is 0 Å². The maximum Gasteiger partial charge on any atom is 0.276 e. The normalized spacial score (nSPS) is 11.6. The van der Waals surface area contributed by atoms with Crippen LogP contribution in [-0.2, 0) is 16.8 Å². The summed E-state index contributed by atoms with van der Waals surface area (Å²) in [5, 5.41) is 0. The van der Waals surface area contributed by atoms with E-state index in [2.05, 4.69) is 25.4 Å². The number of rotatable bonds is 4. The van der Waals surface area contributed by atoms with Crippen molar-refractivity contribution in [1.29, 1.82) is 0 Å². The summed E-state index contributed by atoms with van der Waals surface area (Å²) in [6.45, 7) is 0.280. The zero-order valence-electron chi connectivity index (χ0n) is 7.62. The number of benzene rings is 1. The lowest BCUT2D eigenvalue weighted by molar-refractivity contribution is 0.573. The van der Waals surface area contributed by atoms with E-state index in [1.807, 2.05) is 24.3 Å². The second kappa shape index (κ2) is 4.88. The zero-order chi connectivity index (χ0) is 10.6. The van der Waals surface area contributed by atoms with Crippen LogP contribution in [0, 0.1) is 0 Å². The topological polar surface area (TPSA) is 58.2 Å². The monoisotopic (exact) mass is 278 g/mol. The van der Waals surface area contributed by atoms with Crippen LogP contribution >= 0.6 is 15.9 Å². The lowest BCUT2D eigenvalue weighted by atomic mass is 10.2. The Hall–Kier alpha value is -0.430. The maximum absolute atomic E-state index is 11.0. The molecule has 6 heteroatoms. The van der Waals surface area contributed by atoms with E-state index in [0.29, 0.717) is 0 Å². The van der Waals surface area contributed by atoms with Crippen molar-refractivity contribution in [3.05, 3.63) is 34.3 Å². The number of hydrogen-bond acceptors (Lipinski definition) is 2. The molecule has 0 fully saturated rings. The Bertz CT molecular complexity index is 406. The molecular weight excluding hydrogens is 268 g/mol. The molecule has 0 unspecified atom stereocenters. The summed E-state index contributed by atoms with van der Waals surface area (Å²) < 4.78 is 27.5. The van der Waals surface area contributed by atoms with Crippen molar-refractivity contribution in [2.24, 2.45) is 0 Å². The van der Waals surface area contributed by atoms with Gasteiger partial charge in [0.15, 0.2) is 0 Å². The fraction of sp³-hybridized carbons (Fsp3) is 0.250. The van der Waals surface area contributed by atoms with E-state index in [9.17, 15) is 8.42 Å². The highest BCUT2D eigenvalue weighted by Crippen LogP contribution is 2.11. The highest BCUT2D eigenvalue weighted by molar-refractivity contribution is 9.10. The van der Waals surface area contributed by atoms with Gasteiger partial charge in [0.2, 0.25) is 0 Å². The fourth-order valence-corrected chi connectivity index (χ4v) is 1.85. The van der Waals surface area contributed by atoms with Gasteiger partial charge in [0.25, 0.3) is 10.2 Å². The molecule has 0 atom stereocenters. The van der Waals surface area contributed by atoms with Crippen LogP contribution in [0.15, 0.2) is 28.7 Å². The third kappa shape index (κ3) is 3.75. The molecule has 0 radical (unpaired) electrons. The molecule has 78 valence electrons. The lowest BCUT2D eigenvalue weighted by Crippen LogP contribution is -2.33. The van der Waals surface area contributed by atoms with Gasteiger partial charge in [0.05, 0.1) is 0 Å². The molecule has 0 aliphatic rings. The van der Waals surface area contributed by atoms with Crippen molar-refractivity contribution in [2.45, 2.75) is 6.54 Å². The first-order chi connectivity index (χ1) is 6.53. The molecule has 1 aromatic rings. The molecule has 2 N–H and O–H groups in total. The first kappa shape index (κ1) is 11.6. The standard InChI is InChI=1S/C8H11BrN2O2S/c1-10-14(12,13)11-6-7-3-2-4-8(9)5-7/h2-5,10-11H,6H2,1H3. The van der Waals surface area contributed by atoms with Crippen LogP contribution in [0.5, 0.6) is 0 Å². The predicted molar refractivity (Wildman–Crippen MR) is 59.0 cm³/mol. The summed E-state index contributed by atoms with van der Waals surface area (Å²) in [6.07, 6.45) is 0. The van der Waals surface area contributed by atoms with Gasteiger partial charge in [-0.3, -0.25) is 0 Å². The molecule has 0 spiro atoms. The van der Waals surface area contributed by atoms with Crippen molar-refractivity contribution in [3.63, 3.8) is 0 Å². The molecule has 14 heavy (non-hydrogen) atoms. The first-order valence-corrected chi connectivity index (χ1v) is 6.24. The number of hydrogen-bond donors (Lipinski definition) is 2. The Morgan fingerprint density at radius 3 is 2.71 bits per heavy atom. The van der Waals surface area contributed by atoms with E-state index in [0.717, 1.165) is 10.0 Å². The van der Waals surface area contributed by atoms with Crippen LogP contribution in [0.4, 0.5) is 0 Å². The van der Waals surface area contributed by atoms with E-state index in [1.54, 1.807) is 0 Å². The molecule has 0 aliphatic carbocycles. The van der Waals surface area contributed by atoms with Gasteiger partial charge in [-0.2, -0.15) is 13.1 Å². The molecule has 0 saturated heterocycles. The average Bonchev–Trinajstić information content (AvgIpc) is 2.15. The van der Waals surface area contributed by atoms with Crippen molar-refractivity contribution in [1.82, 2.24) is 9.44 Å². The number of halogens is 1. The maximum atomic E-state index is 11.0. The Labute approximate surface area is 92.0 Å². The summed E-state index contributed by atoms with van der Waals surface area (Å²) in [4.78, 5) is 0. The van der Waals surface area contributed by atoms with E-state index in [1.165, 1.54) is 7.05 Å². The number of nitrogens with one attached hydrogen (secondary N) is 2. The third-order valence-corrected chi connectivity index (χ3v) is 3.18. The van der Waals surface area contributed by atoms with Crippen LogP contribution in [0.25, 0.3) is 0 Å². The van der Waals surface area contributed by atoms with Crippen LogP contribution in [0.2, 0.25) is 0 Å². The van der Waals surface area contributed by atoms with Crippen molar-refractivity contribution < 1.29 is 8.42 Å². The van der Waals surface area contributed by atoms with E-state index >= 15 is 0 Å². The summed E-state index contributed by atoms with van der Waals surface area (Å²) in [5.74, 6) is 0. The van der Waals surface area contributed by atoms with Gasteiger partial charge < -0.3 is 0 Å². The zero-order valence-corrected chi connectivity index (χ0v) is 10.0. The highest BCUT2D eigenvalue weighted by Gasteiger charge is 2.04. The van der Waals surface area contributed by atoms with E-state index < -0.39 is 10.2 Å². The van der Waals surface area contributed by atoms with Crippen molar-refractivity contribution in [2.75, 3.05) is 7.05 Å². The molecule has 0 bridgehead atoms. The average molecular weight is 279 g/mol. The molecule has 1 rings (SSSR count). The quantitative estimate of drug-likeness (QED) is 0.864. The summed E-state index contributed by atoms with van der Waals surface area (Å²) >= 11 is 3.31. The summed E-state index contributed by atoms with van der Waals surface area (Å²) in [5.41, 5.74) is 0.901. The molecular formula is C8H11BrN2O2S. The van der Waals surface area contributed by atoms with Gasteiger partial charge in [-0.25, -0.2) is 4.72 Å². The Morgan fingerprint density at radius 2 is 2.14 bits per heavy atom. The predicted octanol–water partition coefficient (Wildman–Crippen LogP) is 1.00. The molecule has 4 nitrogen and oxygen atoms in total. The smallest absolute Gasteiger partial charge is 0.205 e. The first-order valence-electron chi connectivity index (χ1n) is 3.96. The molecule has 0 aliphatic heterocycles. The third-order valence-electron chi connectivity index (χ3n) is 1.62. The molecule has 0 heterocycles. The van der Waals surface area contributed by atoms with Crippen LogP contribution in [-0.4, -0.2) is 15.5 Å². The van der Waals surface area contributed by atoms with E-state index in [-0.39, 0.29) is 6.54 Å². The van der Waals surface area contributed by atoms with Gasteiger partial charge in [-0.15, -0.1) is 0 Å². The molecule has 0 aromatic heterocycles. The lowest BCUT2D eigenvalue weighted by Gasteiger charge is -2.04. The van der Waals surface area contributed by atoms with Crippen LogP contribution < -0.4 is 9.44 Å². The summed E-state index contributed by atoms with van der Waals surface area (Å²) in [6, 6.07) is 7.45. The van der Waals surface area contributed by atoms with Gasteiger partial charge in [-0.05, 0) is 17.7 Å². The summed E-state index contributed by atoms with van der Waals surface area (Å²) in [7, 11) is -1.98. The second-order valence-electron chi connectivity index (χ2n) is 2.66. The Kier molecular flexibility index (Phi) is 4.06. The van der Waals surface area contributed by atoms with Crippen LogP contribution in [0.1, 0.15) is 5.56 Å². The minimum absolute atomic E-state index is 0.280. The second-order valence-corrected chi connectivity index (χ2v) is 5.28. The van der Waals surface area contributed by atoms with Crippen molar-refractivity contribution >= 4 is 26.1 Å². The van der Waals surface area contributed by atoms with E-state index in [4.69, 9.17) is 0 Å². The highest BCUT2D eigenvalue weighted by atomic mass is 79.9. The van der Waals surface area contributed by atoms with Crippen LogP contribution in [0.3, 0.4) is 0 Å². The van der Waals surface area contributed by atoms with Crippen molar-refractivity contribution in [3.8, 4) is 0 Å². The van der Waals surface area contributed by atoms with Gasteiger partial charge in [0, 0.05) is 18.1 Å². The molecule has 1 aromatic carbocycles. The van der Waals surface area contributed by atoms with Gasteiger partial charge in [-0.1, -0.05) is 28.1 Å². The minimum atomic E-state index is -3.35. The minimum Gasteiger partial charge on any atom is -0.205 e. The molecule has 0 amide bonds. The Balaban J connectivity index is 2.63. The largest absolute Gasteiger partial charge is 0.276 e. The Morgan fingerprint density at radius 1 is 1.43 bits per heavy atom. The SMILES string of the molecule is CNS(=O)(=O)NCc1cccc(Br)c1. The van der Waals surface area contributed by atoms with Gasteiger partial charge in [0.1, 0.15) is 0 Å².